The molecule has 0 amide bonds. The lowest BCUT2D eigenvalue weighted by Gasteiger charge is -2.02. The van der Waals surface area contributed by atoms with E-state index in [0.717, 1.165) is 0 Å². The molecule has 0 nitrogen and oxygen atoms in total. The number of rotatable bonds is 2. The first-order chi connectivity index (χ1) is 3.72. The van der Waals surface area contributed by atoms with Crippen LogP contribution < -0.4 is 0 Å². The second-order valence-corrected chi connectivity index (χ2v) is 2.15. The summed E-state index contributed by atoms with van der Waals surface area (Å²) in [5.74, 6) is 0.623. The van der Waals surface area contributed by atoms with E-state index in [9.17, 15) is 0 Å². The van der Waals surface area contributed by atoms with Crippen molar-refractivity contribution in [2.75, 3.05) is 0 Å². The SMILES string of the molecule is C=C/C(=C/C)C(C)C. The predicted molar refractivity (Wildman–Crippen MR) is 38.8 cm³/mol. The first kappa shape index (κ1) is 7.48. The zero-order chi connectivity index (χ0) is 6.57. The molecule has 0 aromatic heterocycles. The summed E-state index contributed by atoms with van der Waals surface area (Å²) in [6.07, 6.45) is 4.00. The average molecular weight is 110 g/mol. The molecule has 0 heterocycles. The molecule has 0 heteroatoms. The standard InChI is InChI=1S/C8H14/c1-5-8(6-2)7(3)4/h5-7H,1H2,2-4H3/b8-6-. The third-order valence-corrected chi connectivity index (χ3v) is 1.24. The number of hydrogen-bond acceptors (Lipinski definition) is 0. The molecule has 0 bridgehead atoms. The van der Waals surface area contributed by atoms with E-state index in [2.05, 4.69) is 26.5 Å². The van der Waals surface area contributed by atoms with Gasteiger partial charge in [-0.1, -0.05) is 38.2 Å². The minimum absolute atomic E-state index is 0.623. The number of hydrogen-bond donors (Lipinski definition) is 0. The Kier molecular flexibility index (Phi) is 3.25. The van der Waals surface area contributed by atoms with E-state index in [1.165, 1.54) is 5.57 Å². The van der Waals surface area contributed by atoms with Crippen molar-refractivity contribution in [2.24, 2.45) is 5.92 Å². The lowest BCUT2D eigenvalue weighted by Crippen LogP contribution is -1.87. The second kappa shape index (κ2) is 3.48. The van der Waals surface area contributed by atoms with Crippen molar-refractivity contribution < 1.29 is 0 Å². The van der Waals surface area contributed by atoms with Gasteiger partial charge in [-0.05, 0) is 12.8 Å². The van der Waals surface area contributed by atoms with Gasteiger partial charge >= 0.3 is 0 Å². The van der Waals surface area contributed by atoms with Crippen LogP contribution in [0.5, 0.6) is 0 Å². The van der Waals surface area contributed by atoms with Crippen LogP contribution in [0, 0.1) is 5.92 Å². The smallest absolute Gasteiger partial charge is 0.0222 e. The summed E-state index contributed by atoms with van der Waals surface area (Å²) in [4.78, 5) is 0. The third kappa shape index (κ3) is 1.97. The highest BCUT2D eigenvalue weighted by molar-refractivity contribution is 5.16. The first-order valence-corrected chi connectivity index (χ1v) is 3.01. The quantitative estimate of drug-likeness (QED) is 0.479. The van der Waals surface area contributed by atoms with Gasteiger partial charge in [0.2, 0.25) is 0 Å². The fourth-order valence-corrected chi connectivity index (χ4v) is 0.687. The topological polar surface area (TPSA) is 0 Å². The molecule has 0 saturated heterocycles. The molecule has 0 saturated carbocycles. The van der Waals surface area contributed by atoms with Gasteiger partial charge in [-0.3, -0.25) is 0 Å². The molecule has 0 N–H and O–H groups in total. The van der Waals surface area contributed by atoms with Crippen LogP contribution in [-0.2, 0) is 0 Å². The molecule has 0 unspecified atom stereocenters. The molecule has 0 aliphatic heterocycles. The molecular formula is C8H14. The van der Waals surface area contributed by atoms with Gasteiger partial charge in [0.15, 0.2) is 0 Å². The van der Waals surface area contributed by atoms with Crippen LogP contribution in [0.1, 0.15) is 20.8 Å². The fraction of sp³-hybridized carbons (Fsp3) is 0.500. The molecule has 8 heavy (non-hydrogen) atoms. The van der Waals surface area contributed by atoms with Crippen molar-refractivity contribution >= 4 is 0 Å². The normalized spacial score (nSPS) is 12.2. The van der Waals surface area contributed by atoms with E-state index in [-0.39, 0.29) is 0 Å². The lowest BCUT2D eigenvalue weighted by atomic mass is 10.0. The Morgan fingerprint density at radius 1 is 1.50 bits per heavy atom. The molecule has 0 spiro atoms. The van der Waals surface area contributed by atoms with Crippen LogP contribution in [0.4, 0.5) is 0 Å². The van der Waals surface area contributed by atoms with Crippen LogP contribution in [0.15, 0.2) is 24.3 Å². The third-order valence-electron chi connectivity index (χ3n) is 1.24. The summed E-state index contributed by atoms with van der Waals surface area (Å²) < 4.78 is 0. The molecule has 0 atom stereocenters. The van der Waals surface area contributed by atoms with Crippen molar-refractivity contribution in [3.63, 3.8) is 0 Å². The Hall–Kier alpha value is -0.520. The van der Waals surface area contributed by atoms with Crippen LogP contribution in [-0.4, -0.2) is 0 Å². The van der Waals surface area contributed by atoms with E-state index >= 15 is 0 Å². The maximum absolute atomic E-state index is 3.68. The summed E-state index contributed by atoms with van der Waals surface area (Å²) in [6.45, 7) is 10.1. The summed E-state index contributed by atoms with van der Waals surface area (Å²) in [5.41, 5.74) is 1.32. The Morgan fingerprint density at radius 3 is 2.00 bits per heavy atom. The van der Waals surface area contributed by atoms with Gasteiger partial charge in [0, 0.05) is 0 Å². The first-order valence-electron chi connectivity index (χ1n) is 3.01. The van der Waals surface area contributed by atoms with E-state index in [1.54, 1.807) is 0 Å². The predicted octanol–water partition coefficient (Wildman–Crippen LogP) is 2.77. The zero-order valence-corrected chi connectivity index (χ0v) is 5.94. The molecule has 0 aliphatic rings. The molecule has 46 valence electrons. The number of allylic oxidation sites excluding steroid dienone is 3. The minimum Gasteiger partial charge on any atom is -0.0988 e. The lowest BCUT2D eigenvalue weighted by molar-refractivity contribution is 0.790. The highest BCUT2D eigenvalue weighted by atomic mass is 14.0. The maximum atomic E-state index is 3.68. The minimum atomic E-state index is 0.623. The van der Waals surface area contributed by atoms with Gasteiger partial charge in [-0.2, -0.15) is 0 Å². The Labute approximate surface area is 51.9 Å². The second-order valence-electron chi connectivity index (χ2n) is 2.15. The van der Waals surface area contributed by atoms with Gasteiger partial charge in [-0.25, -0.2) is 0 Å². The van der Waals surface area contributed by atoms with Crippen molar-refractivity contribution in [2.45, 2.75) is 20.8 Å². The Balaban J connectivity index is 3.91. The molecule has 0 radical (unpaired) electrons. The van der Waals surface area contributed by atoms with Crippen molar-refractivity contribution in [3.05, 3.63) is 24.3 Å². The molecule has 0 rings (SSSR count). The molecule has 0 fully saturated rings. The molecular weight excluding hydrogens is 96.1 g/mol. The Morgan fingerprint density at radius 2 is 2.00 bits per heavy atom. The monoisotopic (exact) mass is 110 g/mol. The van der Waals surface area contributed by atoms with Crippen LogP contribution in [0.2, 0.25) is 0 Å². The van der Waals surface area contributed by atoms with E-state index in [0.29, 0.717) is 5.92 Å². The van der Waals surface area contributed by atoms with Gasteiger partial charge in [0.1, 0.15) is 0 Å². The van der Waals surface area contributed by atoms with E-state index in [4.69, 9.17) is 0 Å². The van der Waals surface area contributed by atoms with Crippen LogP contribution in [0.3, 0.4) is 0 Å². The average Bonchev–Trinajstić information content (AvgIpc) is 1.69. The maximum Gasteiger partial charge on any atom is -0.0222 e. The van der Waals surface area contributed by atoms with Gasteiger partial charge < -0.3 is 0 Å². The van der Waals surface area contributed by atoms with E-state index in [1.807, 2.05) is 13.0 Å². The van der Waals surface area contributed by atoms with Crippen molar-refractivity contribution in [1.29, 1.82) is 0 Å². The fourth-order valence-electron chi connectivity index (χ4n) is 0.687. The van der Waals surface area contributed by atoms with Crippen molar-refractivity contribution in [3.8, 4) is 0 Å². The molecule has 0 aliphatic carbocycles. The summed E-state index contributed by atoms with van der Waals surface area (Å²) in [5, 5.41) is 0. The summed E-state index contributed by atoms with van der Waals surface area (Å²) in [7, 11) is 0. The molecule has 0 aromatic rings. The highest BCUT2D eigenvalue weighted by Gasteiger charge is 1.93. The summed E-state index contributed by atoms with van der Waals surface area (Å²) >= 11 is 0. The largest absolute Gasteiger partial charge is 0.0988 e. The molecule has 0 aromatic carbocycles. The Bertz CT molecular complexity index is 96.6. The van der Waals surface area contributed by atoms with Gasteiger partial charge in [0.25, 0.3) is 0 Å². The van der Waals surface area contributed by atoms with E-state index < -0.39 is 0 Å². The van der Waals surface area contributed by atoms with Crippen LogP contribution in [0.25, 0.3) is 0 Å². The summed E-state index contributed by atoms with van der Waals surface area (Å²) in [6, 6.07) is 0. The van der Waals surface area contributed by atoms with Gasteiger partial charge in [0.05, 0.1) is 0 Å². The van der Waals surface area contributed by atoms with Crippen LogP contribution >= 0.6 is 0 Å². The highest BCUT2D eigenvalue weighted by Crippen LogP contribution is 2.08. The van der Waals surface area contributed by atoms with Gasteiger partial charge in [-0.15, -0.1) is 0 Å². The van der Waals surface area contributed by atoms with Crippen molar-refractivity contribution in [1.82, 2.24) is 0 Å². The zero-order valence-electron chi connectivity index (χ0n) is 5.94.